The van der Waals surface area contributed by atoms with Crippen LogP contribution in [0.4, 0.5) is 0 Å². The van der Waals surface area contributed by atoms with Crippen LogP contribution in [0, 0.1) is 0 Å². The maximum atomic E-state index is 13.2. The summed E-state index contributed by atoms with van der Waals surface area (Å²) in [7, 11) is 0. The van der Waals surface area contributed by atoms with Crippen molar-refractivity contribution in [2.24, 2.45) is 0 Å². The van der Waals surface area contributed by atoms with Gasteiger partial charge in [-0.3, -0.25) is 14.3 Å². The Bertz CT molecular complexity index is 1670. The van der Waals surface area contributed by atoms with Gasteiger partial charge in [-0.05, 0) is 52.4 Å². The number of nitrogens with zero attached hydrogens (tertiary/aromatic N) is 5. The van der Waals surface area contributed by atoms with Gasteiger partial charge in [0.2, 0.25) is 5.82 Å². The van der Waals surface area contributed by atoms with Crippen LogP contribution in [-0.4, -0.2) is 53.4 Å². The number of aromatic nitrogens is 6. The number of aromatic amines is 1. The summed E-state index contributed by atoms with van der Waals surface area (Å²) < 4.78 is 1.83. The fourth-order valence-corrected chi connectivity index (χ4v) is 5.12. The van der Waals surface area contributed by atoms with Crippen molar-refractivity contribution < 1.29 is 14.7 Å². The first kappa shape index (κ1) is 28.7. The SMILES string of the molecule is CCCc1cc(C(=O)N[C@@H](CC(=O)O)Cc2ccccc2Cl)nn1Cc1ccc(-c2ccccc2-c2nn[nH]n2)cc1. The van der Waals surface area contributed by atoms with Crippen molar-refractivity contribution in [1.29, 1.82) is 0 Å². The molecule has 42 heavy (non-hydrogen) atoms. The second-order valence-electron chi connectivity index (χ2n) is 9.97. The number of carboxylic acids is 1. The first-order valence-electron chi connectivity index (χ1n) is 13.7. The van der Waals surface area contributed by atoms with E-state index in [1.165, 1.54) is 0 Å². The number of carboxylic acid groups (broad SMARTS) is 1. The van der Waals surface area contributed by atoms with E-state index in [0.29, 0.717) is 23.8 Å². The summed E-state index contributed by atoms with van der Waals surface area (Å²) in [5.74, 6) is -0.899. The molecule has 3 N–H and O–H groups in total. The predicted octanol–water partition coefficient (Wildman–Crippen LogP) is 5.20. The van der Waals surface area contributed by atoms with Gasteiger partial charge in [-0.1, -0.05) is 91.7 Å². The number of amides is 1. The lowest BCUT2D eigenvalue weighted by Crippen LogP contribution is -2.38. The van der Waals surface area contributed by atoms with E-state index in [4.69, 9.17) is 11.6 Å². The third-order valence-electron chi connectivity index (χ3n) is 6.89. The van der Waals surface area contributed by atoms with E-state index in [0.717, 1.165) is 46.4 Å². The highest BCUT2D eigenvalue weighted by molar-refractivity contribution is 6.31. The van der Waals surface area contributed by atoms with E-state index in [1.807, 2.05) is 65.3 Å². The van der Waals surface area contributed by atoms with E-state index in [9.17, 15) is 14.7 Å². The third kappa shape index (κ3) is 6.90. The van der Waals surface area contributed by atoms with Gasteiger partial charge in [0.15, 0.2) is 0 Å². The quantitative estimate of drug-likeness (QED) is 0.183. The molecule has 0 unspecified atom stereocenters. The van der Waals surface area contributed by atoms with Crippen molar-refractivity contribution in [3.8, 4) is 22.5 Å². The summed E-state index contributed by atoms with van der Waals surface area (Å²) >= 11 is 6.28. The highest BCUT2D eigenvalue weighted by atomic mass is 35.5. The molecule has 0 saturated heterocycles. The van der Waals surface area contributed by atoms with Gasteiger partial charge < -0.3 is 10.4 Å². The van der Waals surface area contributed by atoms with Gasteiger partial charge in [-0.25, -0.2) is 0 Å². The molecule has 0 aliphatic heterocycles. The van der Waals surface area contributed by atoms with Crippen LogP contribution in [0.1, 0.15) is 47.1 Å². The van der Waals surface area contributed by atoms with E-state index in [2.05, 4.69) is 38.0 Å². The summed E-state index contributed by atoms with van der Waals surface area (Å²) in [6.45, 7) is 2.55. The highest BCUT2D eigenvalue weighted by Crippen LogP contribution is 2.30. The molecule has 5 rings (SSSR count). The Morgan fingerprint density at radius 1 is 1.02 bits per heavy atom. The number of H-pyrrole nitrogens is 1. The number of hydrogen-bond acceptors (Lipinski definition) is 6. The van der Waals surface area contributed by atoms with Gasteiger partial charge in [0.25, 0.3) is 5.91 Å². The number of tetrazole rings is 1. The molecule has 1 amide bonds. The van der Waals surface area contributed by atoms with Crippen molar-refractivity contribution in [2.75, 3.05) is 0 Å². The van der Waals surface area contributed by atoms with Crippen molar-refractivity contribution in [2.45, 2.75) is 45.2 Å². The molecular formula is C31H30ClN7O3. The molecule has 0 radical (unpaired) electrons. The number of carbonyl (C=O) groups is 2. The molecule has 2 heterocycles. The van der Waals surface area contributed by atoms with Crippen LogP contribution in [-0.2, 0) is 24.2 Å². The maximum absolute atomic E-state index is 13.2. The number of aliphatic carboxylic acids is 1. The van der Waals surface area contributed by atoms with Crippen molar-refractivity contribution in [3.05, 3.63) is 106 Å². The normalized spacial score (nSPS) is 11.8. The molecule has 3 aromatic carbocycles. The lowest BCUT2D eigenvalue weighted by Gasteiger charge is -2.17. The third-order valence-corrected chi connectivity index (χ3v) is 7.26. The fraction of sp³-hybridized carbons (Fsp3) is 0.226. The van der Waals surface area contributed by atoms with Crippen LogP contribution < -0.4 is 5.32 Å². The Morgan fingerprint density at radius 3 is 2.45 bits per heavy atom. The van der Waals surface area contributed by atoms with Crippen LogP contribution >= 0.6 is 11.6 Å². The molecule has 10 nitrogen and oxygen atoms in total. The van der Waals surface area contributed by atoms with E-state index in [1.54, 1.807) is 18.2 Å². The lowest BCUT2D eigenvalue weighted by molar-refractivity contribution is -0.137. The summed E-state index contributed by atoms with van der Waals surface area (Å²) in [5, 5.41) is 31.9. The van der Waals surface area contributed by atoms with Gasteiger partial charge in [-0.15, -0.1) is 10.2 Å². The van der Waals surface area contributed by atoms with Gasteiger partial charge in [-0.2, -0.15) is 10.3 Å². The fourth-order valence-electron chi connectivity index (χ4n) is 4.90. The number of rotatable bonds is 12. The van der Waals surface area contributed by atoms with Crippen LogP contribution in [0.15, 0.2) is 78.9 Å². The zero-order valence-corrected chi connectivity index (χ0v) is 23.8. The van der Waals surface area contributed by atoms with Gasteiger partial charge in [0.05, 0.1) is 13.0 Å². The zero-order chi connectivity index (χ0) is 29.5. The molecule has 0 saturated carbocycles. The number of carbonyl (C=O) groups excluding carboxylic acids is 1. The summed E-state index contributed by atoms with van der Waals surface area (Å²) in [6.07, 6.45) is 1.69. The van der Waals surface area contributed by atoms with E-state index >= 15 is 0 Å². The van der Waals surface area contributed by atoms with E-state index in [-0.39, 0.29) is 12.1 Å². The topological polar surface area (TPSA) is 139 Å². The molecule has 0 bridgehead atoms. The molecule has 2 aromatic heterocycles. The molecule has 0 fully saturated rings. The molecule has 0 aliphatic rings. The van der Waals surface area contributed by atoms with Crippen LogP contribution in [0.5, 0.6) is 0 Å². The number of halogens is 1. The Morgan fingerprint density at radius 2 is 1.76 bits per heavy atom. The second kappa shape index (κ2) is 13.2. The Kier molecular flexibility index (Phi) is 9.03. The van der Waals surface area contributed by atoms with Crippen molar-refractivity contribution >= 4 is 23.5 Å². The van der Waals surface area contributed by atoms with E-state index < -0.39 is 17.9 Å². The molecule has 5 aromatic rings. The average molecular weight is 584 g/mol. The van der Waals surface area contributed by atoms with Gasteiger partial charge in [0, 0.05) is 22.3 Å². The number of benzene rings is 3. The van der Waals surface area contributed by atoms with Crippen molar-refractivity contribution in [1.82, 2.24) is 35.7 Å². The molecule has 214 valence electrons. The Balaban J connectivity index is 1.33. The van der Waals surface area contributed by atoms with Crippen LogP contribution in [0.2, 0.25) is 5.02 Å². The minimum absolute atomic E-state index is 0.234. The Hall–Kier alpha value is -4.83. The minimum atomic E-state index is -1.01. The zero-order valence-electron chi connectivity index (χ0n) is 23.0. The largest absolute Gasteiger partial charge is 0.481 e. The average Bonchev–Trinajstić information content (AvgIpc) is 3.66. The Labute approximate surface area is 247 Å². The number of aryl methyl sites for hydroxylation is 1. The molecule has 1 atom stereocenters. The summed E-state index contributed by atoms with van der Waals surface area (Å²) in [6, 6.07) is 24.4. The maximum Gasteiger partial charge on any atom is 0.305 e. The predicted molar refractivity (Wildman–Crippen MR) is 159 cm³/mol. The summed E-state index contributed by atoms with van der Waals surface area (Å²) in [5.41, 5.74) is 5.84. The highest BCUT2D eigenvalue weighted by Gasteiger charge is 2.21. The molecule has 0 spiro atoms. The standard InChI is InChI=1S/C31H30ClN7O3/c1-2-7-24-18-28(31(42)33-23(17-29(40)41)16-22-8-3-6-11-27(22)32)36-39(24)19-20-12-14-21(15-13-20)25-9-4-5-10-26(25)30-34-37-38-35-30/h3-6,8-15,18,23H,2,7,16-17,19H2,1H3,(H,33,42)(H,40,41)(H,34,35,37,38)/t23-/m1/s1. The van der Waals surface area contributed by atoms with Crippen LogP contribution in [0.3, 0.4) is 0 Å². The monoisotopic (exact) mass is 583 g/mol. The summed E-state index contributed by atoms with van der Waals surface area (Å²) in [4.78, 5) is 24.8. The smallest absolute Gasteiger partial charge is 0.305 e. The van der Waals surface area contributed by atoms with Gasteiger partial charge in [0.1, 0.15) is 5.69 Å². The van der Waals surface area contributed by atoms with Crippen LogP contribution in [0.25, 0.3) is 22.5 Å². The molecule has 11 heteroatoms. The molecule has 0 aliphatic carbocycles. The minimum Gasteiger partial charge on any atom is -0.481 e. The van der Waals surface area contributed by atoms with Crippen molar-refractivity contribution in [3.63, 3.8) is 0 Å². The first-order valence-corrected chi connectivity index (χ1v) is 14.0. The first-order chi connectivity index (χ1) is 20.4. The lowest BCUT2D eigenvalue weighted by atomic mass is 9.98. The molecular weight excluding hydrogens is 554 g/mol. The number of hydrogen-bond donors (Lipinski definition) is 3. The van der Waals surface area contributed by atoms with Gasteiger partial charge >= 0.3 is 5.97 Å². The second-order valence-corrected chi connectivity index (χ2v) is 10.4. The number of nitrogens with one attached hydrogen (secondary N) is 2.